The van der Waals surface area contributed by atoms with E-state index in [0.29, 0.717) is 14.9 Å². The number of phenols is 1. The van der Waals surface area contributed by atoms with Crippen LogP contribution in [0.2, 0.25) is 0 Å². The molecule has 0 radical (unpaired) electrons. The smallest absolute Gasteiger partial charge is 0.291 e. The average Bonchev–Trinajstić information content (AvgIpc) is 2.89. The van der Waals surface area contributed by atoms with Gasteiger partial charge in [-0.25, -0.2) is 5.43 Å². The van der Waals surface area contributed by atoms with Crippen molar-refractivity contribution in [1.82, 2.24) is 15.6 Å². The van der Waals surface area contributed by atoms with Crippen molar-refractivity contribution in [3.63, 3.8) is 0 Å². The molecule has 0 spiro atoms. The number of hydrogen-bond acceptors (Lipinski definition) is 5. The number of carbonyl (C=O) groups excluding carboxylic acids is 1. The molecule has 0 saturated carbocycles. The highest BCUT2D eigenvalue weighted by molar-refractivity contribution is 14.1. The lowest BCUT2D eigenvalue weighted by atomic mass is 10.2. The molecule has 1 aromatic carbocycles. The third-order valence-electron chi connectivity index (χ3n) is 2.59. The van der Waals surface area contributed by atoms with Crippen LogP contribution in [0.1, 0.15) is 21.7 Å². The van der Waals surface area contributed by atoms with Gasteiger partial charge in [0.2, 0.25) is 0 Å². The first-order valence-corrected chi connectivity index (χ1v) is 7.01. The van der Waals surface area contributed by atoms with E-state index in [-0.39, 0.29) is 11.4 Å². The second-order valence-electron chi connectivity index (χ2n) is 4.19. The first-order valence-electron chi connectivity index (χ1n) is 5.93. The van der Waals surface area contributed by atoms with Gasteiger partial charge in [-0.3, -0.25) is 9.89 Å². The van der Waals surface area contributed by atoms with E-state index < -0.39 is 5.91 Å². The molecule has 2 rings (SSSR count). The summed E-state index contributed by atoms with van der Waals surface area (Å²) < 4.78 is 5.68. The Morgan fingerprint density at radius 3 is 2.90 bits per heavy atom. The monoisotopic (exact) mass is 400 g/mol. The summed E-state index contributed by atoms with van der Waals surface area (Å²) in [6.07, 6.45) is 1.46. The van der Waals surface area contributed by atoms with Gasteiger partial charge in [0.15, 0.2) is 17.2 Å². The Hall–Kier alpha value is -2.10. The molecule has 1 heterocycles. The van der Waals surface area contributed by atoms with Gasteiger partial charge in [0, 0.05) is 5.69 Å². The Balaban J connectivity index is 2.08. The normalized spacial score (nSPS) is 10.8. The van der Waals surface area contributed by atoms with E-state index in [1.807, 2.05) is 22.6 Å². The fraction of sp³-hybridized carbons (Fsp3) is 0.154. The molecule has 8 heteroatoms. The first-order chi connectivity index (χ1) is 10.0. The molecule has 1 amide bonds. The van der Waals surface area contributed by atoms with Gasteiger partial charge in [-0.15, -0.1) is 0 Å². The lowest BCUT2D eigenvalue weighted by molar-refractivity contribution is 0.0950. The maximum Gasteiger partial charge on any atom is 0.291 e. The summed E-state index contributed by atoms with van der Waals surface area (Å²) in [5.41, 5.74) is 4.12. The topological polar surface area (TPSA) is 99.6 Å². The number of methoxy groups -OCH3 is 1. The molecule has 0 unspecified atom stereocenters. The van der Waals surface area contributed by atoms with Gasteiger partial charge in [0.25, 0.3) is 5.91 Å². The van der Waals surface area contributed by atoms with E-state index in [9.17, 15) is 9.90 Å². The quantitative estimate of drug-likeness (QED) is 0.414. The maximum absolute atomic E-state index is 11.7. The minimum Gasteiger partial charge on any atom is -0.504 e. The van der Waals surface area contributed by atoms with Crippen LogP contribution in [-0.4, -0.2) is 34.5 Å². The van der Waals surface area contributed by atoms with E-state index in [1.165, 1.54) is 13.3 Å². The summed E-state index contributed by atoms with van der Waals surface area (Å²) in [6.45, 7) is 1.80. The number of benzene rings is 1. The molecule has 1 aromatic heterocycles. The van der Waals surface area contributed by atoms with Crippen LogP contribution < -0.4 is 10.2 Å². The molecule has 110 valence electrons. The summed E-state index contributed by atoms with van der Waals surface area (Å²) in [5, 5.41) is 20.1. The summed E-state index contributed by atoms with van der Waals surface area (Å²) in [6, 6.07) is 4.95. The van der Waals surface area contributed by atoms with Gasteiger partial charge >= 0.3 is 0 Å². The highest BCUT2D eigenvalue weighted by Gasteiger charge is 2.09. The summed E-state index contributed by atoms with van der Waals surface area (Å²) in [5.74, 6) is 0.0138. The highest BCUT2D eigenvalue weighted by atomic mass is 127. The van der Waals surface area contributed by atoms with E-state index in [4.69, 9.17) is 4.74 Å². The van der Waals surface area contributed by atoms with Crippen LogP contribution in [0.3, 0.4) is 0 Å². The van der Waals surface area contributed by atoms with Gasteiger partial charge in [0.05, 0.1) is 16.9 Å². The molecule has 21 heavy (non-hydrogen) atoms. The van der Waals surface area contributed by atoms with Crippen LogP contribution in [0.15, 0.2) is 23.3 Å². The largest absolute Gasteiger partial charge is 0.504 e. The van der Waals surface area contributed by atoms with Crippen molar-refractivity contribution in [2.24, 2.45) is 5.10 Å². The fourth-order valence-electron chi connectivity index (χ4n) is 1.58. The molecule has 0 bridgehead atoms. The number of aromatic hydroxyl groups is 1. The SMILES string of the molecule is COc1cc(C=NNC(=O)c2cc(C)[nH]n2)cc(I)c1O. The number of hydrogen-bond donors (Lipinski definition) is 3. The Kier molecular flexibility index (Phi) is 4.78. The number of ether oxygens (including phenoxy) is 1. The lowest BCUT2D eigenvalue weighted by Crippen LogP contribution is -2.18. The predicted molar refractivity (Wildman–Crippen MR) is 85.8 cm³/mol. The Bertz CT molecular complexity index is 697. The number of rotatable bonds is 4. The highest BCUT2D eigenvalue weighted by Crippen LogP contribution is 2.31. The predicted octanol–water partition coefficient (Wildman–Crippen LogP) is 1.80. The number of aryl methyl sites for hydroxylation is 1. The van der Waals surface area contributed by atoms with E-state index in [0.717, 1.165) is 5.69 Å². The number of aromatic nitrogens is 2. The van der Waals surface area contributed by atoms with E-state index >= 15 is 0 Å². The number of nitrogens with one attached hydrogen (secondary N) is 2. The number of halogens is 1. The Morgan fingerprint density at radius 2 is 2.29 bits per heavy atom. The molecular formula is C13H13IN4O3. The van der Waals surface area contributed by atoms with Gasteiger partial charge < -0.3 is 9.84 Å². The van der Waals surface area contributed by atoms with Crippen LogP contribution in [0.25, 0.3) is 0 Å². The minimum atomic E-state index is -0.406. The van der Waals surface area contributed by atoms with E-state index in [1.54, 1.807) is 25.1 Å². The van der Waals surface area contributed by atoms with Crippen molar-refractivity contribution in [3.8, 4) is 11.5 Å². The number of nitrogens with zero attached hydrogens (tertiary/aromatic N) is 2. The van der Waals surface area contributed by atoms with Crippen LogP contribution in [0.4, 0.5) is 0 Å². The number of aromatic amines is 1. The van der Waals surface area contributed by atoms with Crippen LogP contribution in [0.5, 0.6) is 11.5 Å². The molecular weight excluding hydrogens is 387 g/mol. The van der Waals surface area contributed by atoms with Gasteiger partial charge in [0.1, 0.15) is 0 Å². The molecule has 3 N–H and O–H groups in total. The third kappa shape index (κ3) is 3.72. The summed E-state index contributed by atoms with van der Waals surface area (Å²) >= 11 is 1.98. The number of H-pyrrole nitrogens is 1. The summed E-state index contributed by atoms with van der Waals surface area (Å²) in [4.78, 5) is 11.7. The van der Waals surface area contributed by atoms with Crippen molar-refractivity contribution in [2.45, 2.75) is 6.92 Å². The third-order valence-corrected chi connectivity index (χ3v) is 3.41. The van der Waals surface area contributed by atoms with Crippen LogP contribution in [0, 0.1) is 10.5 Å². The van der Waals surface area contributed by atoms with Crippen LogP contribution in [-0.2, 0) is 0 Å². The second kappa shape index (κ2) is 6.57. The lowest BCUT2D eigenvalue weighted by Gasteiger charge is -2.06. The summed E-state index contributed by atoms with van der Waals surface area (Å²) in [7, 11) is 1.47. The van der Waals surface area contributed by atoms with Gasteiger partial charge in [-0.2, -0.15) is 10.2 Å². The maximum atomic E-state index is 11.7. The molecule has 7 nitrogen and oxygen atoms in total. The van der Waals surface area contributed by atoms with Crippen molar-refractivity contribution in [3.05, 3.63) is 38.7 Å². The molecule has 0 saturated heterocycles. The van der Waals surface area contributed by atoms with Crippen molar-refractivity contribution in [2.75, 3.05) is 7.11 Å². The molecule has 0 fully saturated rings. The average molecular weight is 400 g/mol. The number of amides is 1. The minimum absolute atomic E-state index is 0.0753. The van der Waals surface area contributed by atoms with Crippen molar-refractivity contribution < 1.29 is 14.6 Å². The zero-order valence-corrected chi connectivity index (χ0v) is 13.5. The van der Waals surface area contributed by atoms with Gasteiger partial charge in [-0.1, -0.05) is 0 Å². The zero-order valence-electron chi connectivity index (χ0n) is 11.3. The van der Waals surface area contributed by atoms with E-state index in [2.05, 4.69) is 20.7 Å². The number of carbonyl (C=O) groups is 1. The molecule has 0 aliphatic carbocycles. The Labute approximate surface area is 134 Å². The number of phenolic OH excluding ortho intramolecular Hbond substituents is 1. The molecule has 2 aromatic rings. The van der Waals surface area contributed by atoms with Gasteiger partial charge in [-0.05, 0) is 53.3 Å². The standard InChI is InChI=1S/C13H13IN4O3/c1-7-3-10(17-16-7)13(20)18-15-6-8-4-9(14)12(19)11(5-8)21-2/h3-6,19H,1-2H3,(H,16,17)(H,18,20). The molecule has 0 aliphatic heterocycles. The number of hydrazone groups is 1. The van der Waals surface area contributed by atoms with Crippen molar-refractivity contribution in [1.29, 1.82) is 0 Å². The fourth-order valence-corrected chi connectivity index (χ4v) is 2.21. The zero-order chi connectivity index (χ0) is 15.4. The van der Waals surface area contributed by atoms with Crippen LogP contribution >= 0.6 is 22.6 Å². The molecule has 0 aliphatic rings. The second-order valence-corrected chi connectivity index (χ2v) is 5.35. The Morgan fingerprint density at radius 1 is 1.52 bits per heavy atom. The molecule has 0 atom stereocenters. The van der Waals surface area contributed by atoms with Crippen molar-refractivity contribution >= 4 is 34.7 Å². The first kappa shape index (κ1) is 15.3.